The van der Waals surface area contributed by atoms with Gasteiger partial charge in [-0.25, -0.2) is 4.79 Å². The first-order valence-corrected chi connectivity index (χ1v) is 9.48. The van der Waals surface area contributed by atoms with Crippen molar-refractivity contribution >= 4 is 23.4 Å². The third-order valence-corrected chi connectivity index (χ3v) is 5.47. The zero-order valence-electron chi connectivity index (χ0n) is 15.7. The number of thioether (sulfide) groups is 1. The topological polar surface area (TPSA) is 79.0 Å². The first-order valence-electron chi connectivity index (χ1n) is 8.60. The van der Waals surface area contributed by atoms with E-state index in [1.54, 1.807) is 11.6 Å². The van der Waals surface area contributed by atoms with Gasteiger partial charge in [0.15, 0.2) is 0 Å². The molecule has 6 nitrogen and oxygen atoms in total. The number of aromatic nitrogens is 2. The Bertz CT molecular complexity index is 1020. The molecule has 0 radical (unpaired) electrons. The number of aryl methyl sites for hydroxylation is 3. The lowest BCUT2D eigenvalue weighted by atomic mass is 10.1. The molecule has 140 valence electrons. The molecule has 0 saturated carbocycles. The first kappa shape index (κ1) is 19.0. The van der Waals surface area contributed by atoms with Crippen LogP contribution in [0.1, 0.15) is 23.6 Å². The molecule has 0 aliphatic heterocycles. The van der Waals surface area contributed by atoms with Crippen LogP contribution in [0.5, 0.6) is 0 Å². The average molecular weight is 384 g/mol. The SMILES string of the molecule is Cc1ccc(-[n+]2[nH]oc(=O)c2SC(C)C(=O)Nc2ccc(C)c(C)c2)cc1. The summed E-state index contributed by atoms with van der Waals surface area (Å²) in [5.41, 5.74) is 4.38. The molecular weight excluding hydrogens is 362 g/mol. The summed E-state index contributed by atoms with van der Waals surface area (Å²) in [6, 6.07) is 13.4. The monoisotopic (exact) mass is 384 g/mol. The molecule has 1 atom stereocenters. The number of carbonyl (C=O) groups is 1. The quantitative estimate of drug-likeness (QED) is 0.523. The first-order chi connectivity index (χ1) is 12.8. The molecule has 1 heterocycles. The fourth-order valence-corrected chi connectivity index (χ4v) is 3.40. The maximum atomic E-state index is 12.6. The highest BCUT2D eigenvalue weighted by molar-refractivity contribution is 8.00. The van der Waals surface area contributed by atoms with E-state index in [-0.39, 0.29) is 5.91 Å². The Morgan fingerprint density at radius 3 is 2.48 bits per heavy atom. The van der Waals surface area contributed by atoms with Crippen LogP contribution in [0.4, 0.5) is 5.69 Å². The zero-order valence-corrected chi connectivity index (χ0v) is 16.5. The van der Waals surface area contributed by atoms with Gasteiger partial charge in [0.1, 0.15) is 0 Å². The molecule has 0 fully saturated rings. The highest BCUT2D eigenvalue weighted by Gasteiger charge is 2.29. The number of nitrogens with one attached hydrogen (secondary N) is 2. The summed E-state index contributed by atoms with van der Waals surface area (Å²) in [7, 11) is 0. The second-order valence-electron chi connectivity index (χ2n) is 6.51. The number of H-pyrrole nitrogens is 1. The predicted molar refractivity (Wildman–Crippen MR) is 105 cm³/mol. The lowest BCUT2D eigenvalue weighted by molar-refractivity contribution is -0.704. The summed E-state index contributed by atoms with van der Waals surface area (Å²) < 4.78 is 6.49. The van der Waals surface area contributed by atoms with Gasteiger partial charge in [0.05, 0.1) is 5.25 Å². The molecule has 7 heteroatoms. The number of anilines is 1. The van der Waals surface area contributed by atoms with Gasteiger partial charge in [0.25, 0.3) is 0 Å². The molecule has 2 aromatic carbocycles. The summed E-state index contributed by atoms with van der Waals surface area (Å²) in [5.74, 6) is -0.181. The minimum Gasteiger partial charge on any atom is -0.325 e. The molecule has 0 aliphatic rings. The van der Waals surface area contributed by atoms with E-state index >= 15 is 0 Å². The summed E-state index contributed by atoms with van der Waals surface area (Å²) in [6.45, 7) is 7.77. The van der Waals surface area contributed by atoms with Gasteiger partial charge >= 0.3 is 10.7 Å². The van der Waals surface area contributed by atoms with Crippen molar-refractivity contribution in [1.29, 1.82) is 0 Å². The zero-order chi connectivity index (χ0) is 19.6. The molecular formula is C20H22N3O3S+. The summed E-state index contributed by atoms with van der Waals surface area (Å²) in [6.07, 6.45) is 0. The number of rotatable bonds is 5. The van der Waals surface area contributed by atoms with Gasteiger partial charge in [0, 0.05) is 17.8 Å². The van der Waals surface area contributed by atoms with Crippen LogP contribution in [0.25, 0.3) is 5.69 Å². The molecule has 0 saturated heterocycles. The number of hydrogen-bond acceptors (Lipinski definition) is 4. The molecule has 1 amide bonds. The third-order valence-electron chi connectivity index (χ3n) is 4.33. The number of amides is 1. The van der Waals surface area contributed by atoms with Crippen molar-refractivity contribution in [1.82, 2.24) is 5.27 Å². The van der Waals surface area contributed by atoms with E-state index in [9.17, 15) is 9.59 Å². The lowest BCUT2D eigenvalue weighted by Crippen LogP contribution is -2.37. The Hall–Kier alpha value is -2.80. The number of hydrogen-bond donors (Lipinski definition) is 2. The van der Waals surface area contributed by atoms with Crippen molar-refractivity contribution in [3.63, 3.8) is 0 Å². The Labute approximate surface area is 161 Å². The van der Waals surface area contributed by atoms with E-state index in [0.29, 0.717) is 5.03 Å². The highest BCUT2D eigenvalue weighted by Crippen LogP contribution is 2.21. The van der Waals surface area contributed by atoms with Crippen LogP contribution in [-0.4, -0.2) is 16.4 Å². The van der Waals surface area contributed by atoms with Crippen LogP contribution in [0.2, 0.25) is 0 Å². The van der Waals surface area contributed by atoms with Crippen molar-refractivity contribution in [2.45, 2.75) is 38.0 Å². The van der Waals surface area contributed by atoms with Gasteiger partial charge in [-0.1, -0.05) is 23.8 Å². The van der Waals surface area contributed by atoms with Gasteiger partial charge in [-0.15, -0.1) is 0 Å². The van der Waals surface area contributed by atoms with E-state index in [1.165, 1.54) is 5.56 Å². The average Bonchev–Trinajstić information content (AvgIpc) is 2.99. The molecule has 0 spiro atoms. The van der Waals surface area contributed by atoms with Crippen LogP contribution in [0, 0.1) is 20.8 Å². The Balaban J connectivity index is 1.77. The van der Waals surface area contributed by atoms with Crippen LogP contribution in [0.3, 0.4) is 0 Å². The van der Waals surface area contributed by atoms with Crippen LogP contribution in [-0.2, 0) is 4.79 Å². The number of aromatic amines is 1. The summed E-state index contributed by atoms with van der Waals surface area (Å²) in [4.78, 5) is 24.7. The van der Waals surface area contributed by atoms with Gasteiger partial charge in [-0.3, -0.25) is 9.32 Å². The fourth-order valence-electron chi connectivity index (χ4n) is 2.51. The van der Waals surface area contributed by atoms with Gasteiger partial charge in [-0.2, -0.15) is 0 Å². The van der Waals surface area contributed by atoms with Crippen LogP contribution in [0.15, 0.2) is 56.8 Å². The smallest absolute Gasteiger partial charge is 0.325 e. The Morgan fingerprint density at radius 1 is 1.11 bits per heavy atom. The summed E-state index contributed by atoms with van der Waals surface area (Å²) in [5, 5.41) is 5.33. The van der Waals surface area contributed by atoms with Crippen molar-refractivity contribution in [3.05, 3.63) is 69.6 Å². The van der Waals surface area contributed by atoms with E-state index in [1.807, 2.05) is 63.2 Å². The summed E-state index contributed by atoms with van der Waals surface area (Å²) >= 11 is 1.15. The van der Waals surface area contributed by atoms with E-state index in [4.69, 9.17) is 4.52 Å². The molecule has 1 aromatic heterocycles. The van der Waals surface area contributed by atoms with Crippen molar-refractivity contribution in [2.24, 2.45) is 0 Å². The minimum absolute atomic E-state index is 0.181. The Morgan fingerprint density at radius 2 is 1.81 bits per heavy atom. The maximum absolute atomic E-state index is 12.6. The van der Waals surface area contributed by atoms with E-state index < -0.39 is 10.9 Å². The fraction of sp³-hybridized carbons (Fsp3) is 0.250. The molecule has 27 heavy (non-hydrogen) atoms. The normalized spacial score (nSPS) is 12.0. The Kier molecular flexibility index (Phi) is 5.51. The van der Waals surface area contributed by atoms with Crippen molar-refractivity contribution in [3.8, 4) is 5.69 Å². The second-order valence-corrected chi connectivity index (χ2v) is 7.83. The van der Waals surface area contributed by atoms with Gasteiger partial charge in [-0.05, 0) is 72.7 Å². The number of nitrogens with zero attached hydrogens (tertiary/aromatic N) is 1. The number of carbonyl (C=O) groups excluding carboxylic acids is 1. The minimum atomic E-state index is -0.508. The molecule has 3 rings (SSSR count). The molecule has 3 aromatic rings. The number of benzene rings is 2. The maximum Gasteiger partial charge on any atom is 0.442 e. The van der Waals surface area contributed by atoms with Crippen LogP contribution < -0.4 is 15.6 Å². The van der Waals surface area contributed by atoms with Crippen LogP contribution >= 0.6 is 11.8 Å². The molecule has 2 N–H and O–H groups in total. The van der Waals surface area contributed by atoms with Gasteiger partial charge < -0.3 is 5.32 Å². The second kappa shape index (κ2) is 7.84. The van der Waals surface area contributed by atoms with E-state index in [2.05, 4.69) is 10.6 Å². The predicted octanol–water partition coefficient (Wildman–Crippen LogP) is 3.29. The van der Waals surface area contributed by atoms with Gasteiger partial charge in [0.2, 0.25) is 11.6 Å². The molecule has 1 unspecified atom stereocenters. The van der Waals surface area contributed by atoms with E-state index in [0.717, 1.165) is 34.3 Å². The largest absolute Gasteiger partial charge is 0.442 e. The lowest BCUT2D eigenvalue weighted by Gasteiger charge is -2.11. The highest BCUT2D eigenvalue weighted by atomic mass is 32.2. The molecule has 0 aliphatic carbocycles. The van der Waals surface area contributed by atoms with Crippen molar-refractivity contribution in [2.75, 3.05) is 5.32 Å². The van der Waals surface area contributed by atoms with Crippen molar-refractivity contribution < 1.29 is 14.0 Å². The molecule has 0 bridgehead atoms. The third kappa shape index (κ3) is 4.31. The standard InChI is InChI=1S/C20H21N3O3S/c1-12-5-9-17(10-6-12)23-19(20(25)26-22-23)27-15(4)18(24)21-16-8-7-13(2)14(3)11-16/h5-11,15H,1-4H3,(H-,21,22,24,25)/p+1.